The van der Waals surface area contributed by atoms with E-state index in [0.717, 1.165) is 31.5 Å². The van der Waals surface area contributed by atoms with Gasteiger partial charge >= 0.3 is 0 Å². The number of hydrogen-bond donors (Lipinski definition) is 2. The van der Waals surface area contributed by atoms with Crippen molar-refractivity contribution in [3.05, 3.63) is 42.0 Å². The number of piperidine rings is 1. The quantitative estimate of drug-likeness (QED) is 0.883. The predicted molar refractivity (Wildman–Crippen MR) is 79.8 cm³/mol. The normalized spacial score (nSPS) is 18.4. The van der Waals surface area contributed by atoms with Crippen LogP contribution in [0.25, 0.3) is 0 Å². The Kier molecular flexibility index (Phi) is 3.95. The first-order chi connectivity index (χ1) is 10.6. The van der Waals surface area contributed by atoms with E-state index in [4.69, 9.17) is 5.73 Å². The molecule has 22 heavy (non-hydrogen) atoms. The molecule has 1 fully saturated rings. The SMILES string of the molecule is NC(=O)c1cc([C@H]2CCCCN2C(=O)Cn2cccc2)[nH]n1. The van der Waals surface area contributed by atoms with Crippen molar-refractivity contribution in [1.29, 1.82) is 0 Å². The summed E-state index contributed by atoms with van der Waals surface area (Å²) in [5.41, 5.74) is 6.22. The molecule has 0 spiro atoms. The zero-order valence-electron chi connectivity index (χ0n) is 12.2. The van der Waals surface area contributed by atoms with E-state index >= 15 is 0 Å². The number of amides is 2. The van der Waals surface area contributed by atoms with E-state index < -0.39 is 5.91 Å². The summed E-state index contributed by atoms with van der Waals surface area (Å²) in [5, 5.41) is 6.77. The molecule has 1 aliphatic rings. The fraction of sp³-hybridized carbons (Fsp3) is 0.400. The van der Waals surface area contributed by atoms with Crippen molar-refractivity contribution >= 4 is 11.8 Å². The second kappa shape index (κ2) is 6.05. The van der Waals surface area contributed by atoms with Crippen LogP contribution < -0.4 is 5.73 Å². The van der Waals surface area contributed by atoms with Crippen LogP contribution in [0.1, 0.15) is 41.5 Å². The van der Waals surface area contributed by atoms with Crippen molar-refractivity contribution < 1.29 is 9.59 Å². The summed E-state index contributed by atoms with van der Waals surface area (Å²) in [6, 6.07) is 5.37. The predicted octanol–water partition coefficient (Wildman–Crippen LogP) is 1.06. The van der Waals surface area contributed by atoms with Gasteiger partial charge in [0, 0.05) is 18.9 Å². The largest absolute Gasteiger partial charge is 0.364 e. The van der Waals surface area contributed by atoms with Crippen molar-refractivity contribution in [1.82, 2.24) is 19.7 Å². The van der Waals surface area contributed by atoms with E-state index in [1.807, 2.05) is 34.0 Å². The molecule has 0 aliphatic carbocycles. The van der Waals surface area contributed by atoms with Crippen LogP contribution in [0.2, 0.25) is 0 Å². The molecule has 7 heteroatoms. The topological polar surface area (TPSA) is 97.0 Å². The summed E-state index contributed by atoms with van der Waals surface area (Å²) in [6.45, 7) is 1.04. The molecule has 3 rings (SSSR count). The molecule has 3 N–H and O–H groups in total. The van der Waals surface area contributed by atoms with Gasteiger partial charge in [0.15, 0.2) is 0 Å². The molecule has 1 aliphatic heterocycles. The van der Waals surface area contributed by atoms with Crippen LogP contribution in [0.4, 0.5) is 0 Å². The third-order valence-corrected chi connectivity index (χ3v) is 4.02. The van der Waals surface area contributed by atoms with Gasteiger partial charge in [0.2, 0.25) is 5.91 Å². The van der Waals surface area contributed by atoms with Gasteiger partial charge in [-0.25, -0.2) is 0 Å². The molecule has 1 atom stereocenters. The Morgan fingerprint density at radius 2 is 2.09 bits per heavy atom. The van der Waals surface area contributed by atoms with Gasteiger partial charge in [0.25, 0.3) is 5.91 Å². The molecule has 2 aromatic heterocycles. The standard InChI is InChI=1S/C15H19N5O2/c16-15(22)12-9-11(17-18-12)13-5-1-2-8-20(13)14(21)10-19-6-3-4-7-19/h3-4,6-7,9,13H,1-2,5,8,10H2,(H2,16,22)(H,17,18)/t13-/m1/s1. The Morgan fingerprint density at radius 1 is 1.32 bits per heavy atom. The molecule has 0 bridgehead atoms. The second-order valence-corrected chi connectivity index (χ2v) is 5.53. The first kappa shape index (κ1) is 14.4. The smallest absolute Gasteiger partial charge is 0.269 e. The molecule has 3 heterocycles. The number of aromatic amines is 1. The van der Waals surface area contributed by atoms with E-state index in [2.05, 4.69) is 10.2 Å². The van der Waals surface area contributed by atoms with Gasteiger partial charge in [0.05, 0.1) is 11.7 Å². The lowest BCUT2D eigenvalue weighted by Crippen LogP contribution is -2.40. The highest BCUT2D eigenvalue weighted by atomic mass is 16.2. The van der Waals surface area contributed by atoms with Gasteiger partial charge in [-0.05, 0) is 37.5 Å². The molecule has 116 valence electrons. The second-order valence-electron chi connectivity index (χ2n) is 5.53. The number of nitrogens with zero attached hydrogens (tertiary/aromatic N) is 3. The van der Waals surface area contributed by atoms with Crippen LogP contribution >= 0.6 is 0 Å². The van der Waals surface area contributed by atoms with Crippen molar-refractivity contribution in [2.75, 3.05) is 6.54 Å². The van der Waals surface area contributed by atoms with E-state index in [9.17, 15) is 9.59 Å². The number of primary amides is 1. The number of aromatic nitrogens is 3. The van der Waals surface area contributed by atoms with E-state index in [0.29, 0.717) is 6.54 Å². The van der Waals surface area contributed by atoms with Gasteiger partial charge in [0.1, 0.15) is 12.2 Å². The summed E-state index contributed by atoms with van der Waals surface area (Å²) in [5.74, 6) is -0.500. The Labute approximate surface area is 128 Å². The van der Waals surface area contributed by atoms with Gasteiger partial charge in [-0.2, -0.15) is 5.10 Å². The van der Waals surface area contributed by atoms with E-state index in [-0.39, 0.29) is 17.6 Å². The molecular weight excluding hydrogens is 282 g/mol. The minimum Gasteiger partial charge on any atom is -0.364 e. The Bertz CT molecular complexity index is 661. The van der Waals surface area contributed by atoms with Crippen LogP contribution in [-0.4, -0.2) is 38.0 Å². The molecule has 2 amide bonds. The van der Waals surface area contributed by atoms with Crippen molar-refractivity contribution in [3.63, 3.8) is 0 Å². The molecule has 0 aromatic carbocycles. The molecule has 0 radical (unpaired) electrons. The van der Waals surface area contributed by atoms with Crippen molar-refractivity contribution in [3.8, 4) is 0 Å². The summed E-state index contributed by atoms with van der Waals surface area (Å²) in [7, 11) is 0. The number of likely N-dealkylation sites (tertiary alicyclic amines) is 1. The zero-order chi connectivity index (χ0) is 15.5. The molecule has 0 unspecified atom stereocenters. The first-order valence-corrected chi connectivity index (χ1v) is 7.40. The van der Waals surface area contributed by atoms with Crippen LogP contribution in [-0.2, 0) is 11.3 Å². The van der Waals surface area contributed by atoms with Gasteiger partial charge < -0.3 is 15.2 Å². The Hall–Kier alpha value is -2.57. The third-order valence-electron chi connectivity index (χ3n) is 4.02. The Morgan fingerprint density at radius 3 is 2.77 bits per heavy atom. The van der Waals surface area contributed by atoms with Crippen molar-refractivity contribution in [2.24, 2.45) is 5.73 Å². The maximum absolute atomic E-state index is 12.6. The summed E-state index contributed by atoms with van der Waals surface area (Å²) in [6.07, 6.45) is 6.64. The van der Waals surface area contributed by atoms with E-state index in [1.165, 1.54) is 0 Å². The first-order valence-electron chi connectivity index (χ1n) is 7.40. The average molecular weight is 301 g/mol. The van der Waals surface area contributed by atoms with Crippen LogP contribution in [0.3, 0.4) is 0 Å². The Balaban J connectivity index is 1.78. The maximum atomic E-state index is 12.6. The summed E-state index contributed by atoms with van der Waals surface area (Å²) >= 11 is 0. The van der Waals surface area contributed by atoms with Gasteiger partial charge in [-0.3, -0.25) is 14.7 Å². The van der Waals surface area contributed by atoms with Crippen molar-refractivity contribution in [2.45, 2.75) is 31.8 Å². The highest BCUT2D eigenvalue weighted by Gasteiger charge is 2.29. The highest BCUT2D eigenvalue weighted by Crippen LogP contribution is 2.30. The van der Waals surface area contributed by atoms with Gasteiger partial charge in [-0.1, -0.05) is 0 Å². The lowest BCUT2D eigenvalue weighted by atomic mass is 9.99. The van der Waals surface area contributed by atoms with Crippen LogP contribution in [0, 0.1) is 0 Å². The maximum Gasteiger partial charge on any atom is 0.269 e. The number of carbonyl (C=O) groups is 2. The molecule has 2 aromatic rings. The third kappa shape index (κ3) is 2.88. The number of hydrogen-bond acceptors (Lipinski definition) is 3. The number of rotatable bonds is 4. The molecule has 1 saturated heterocycles. The average Bonchev–Trinajstić information content (AvgIpc) is 3.18. The minimum atomic E-state index is -0.566. The number of carbonyl (C=O) groups excluding carboxylic acids is 2. The number of H-pyrrole nitrogens is 1. The number of nitrogens with one attached hydrogen (secondary N) is 1. The zero-order valence-corrected chi connectivity index (χ0v) is 12.2. The summed E-state index contributed by atoms with van der Waals surface area (Å²) < 4.78 is 1.86. The molecule has 7 nitrogen and oxygen atoms in total. The minimum absolute atomic E-state index is 0.0659. The monoisotopic (exact) mass is 301 g/mol. The van der Waals surface area contributed by atoms with Gasteiger partial charge in [-0.15, -0.1) is 0 Å². The van der Waals surface area contributed by atoms with E-state index in [1.54, 1.807) is 6.07 Å². The van der Waals surface area contributed by atoms with Crippen LogP contribution in [0.15, 0.2) is 30.6 Å². The lowest BCUT2D eigenvalue weighted by Gasteiger charge is -2.35. The molecule has 0 saturated carbocycles. The lowest BCUT2D eigenvalue weighted by molar-refractivity contribution is -0.135. The summed E-state index contributed by atoms with van der Waals surface area (Å²) in [4.78, 5) is 25.6. The number of nitrogens with two attached hydrogens (primary N) is 1. The fourth-order valence-corrected chi connectivity index (χ4v) is 2.91. The fourth-order valence-electron chi connectivity index (χ4n) is 2.91. The highest BCUT2D eigenvalue weighted by molar-refractivity contribution is 5.90. The molecular formula is C15H19N5O2. The van der Waals surface area contributed by atoms with Crippen LogP contribution in [0.5, 0.6) is 0 Å².